The lowest BCUT2D eigenvalue weighted by Gasteiger charge is -2.08. The van der Waals surface area contributed by atoms with Gasteiger partial charge in [-0.25, -0.2) is 4.39 Å². The third-order valence-corrected chi connectivity index (χ3v) is 4.39. The van der Waals surface area contributed by atoms with Crippen molar-refractivity contribution in [1.82, 2.24) is 0 Å². The zero-order valence-corrected chi connectivity index (χ0v) is 15.0. The molecule has 0 bridgehead atoms. The van der Waals surface area contributed by atoms with Crippen LogP contribution < -0.4 is 10.5 Å². The molecule has 0 spiro atoms. The van der Waals surface area contributed by atoms with E-state index in [2.05, 4.69) is 10.2 Å². The van der Waals surface area contributed by atoms with E-state index in [0.29, 0.717) is 5.75 Å². The second-order valence-corrected chi connectivity index (χ2v) is 6.37. The summed E-state index contributed by atoms with van der Waals surface area (Å²) in [5.41, 5.74) is 6.91. The van der Waals surface area contributed by atoms with Crippen LogP contribution in [0.4, 0.5) is 4.39 Å². The standard InChI is InChI=1S/C16H14Cl2FN3OS/c1-23-15-13(18)7-12(17)11(14(15)19)8-21-22-16(20)24-9-10-5-3-2-4-6-10/h2-8H,9H2,1H3,(H2,20,22). The van der Waals surface area contributed by atoms with Crippen molar-refractivity contribution in [2.75, 3.05) is 7.11 Å². The van der Waals surface area contributed by atoms with Crippen LogP contribution in [0.1, 0.15) is 11.1 Å². The van der Waals surface area contributed by atoms with Crippen LogP contribution in [0.25, 0.3) is 0 Å². The fourth-order valence-corrected chi connectivity index (χ4v) is 2.97. The third kappa shape index (κ3) is 4.87. The van der Waals surface area contributed by atoms with E-state index in [1.807, 2.05) is 30.3 Å². The van der Waals surface area contributed by atoms with Crippen LogP contribution >= 0.6 is 35.0 Å². The lowest BCUT2D eigenvalue weighted by molar-refractivity contribution is 0.386. The quantitative estimate of drug-likeness (QED) is 0.459. The van der Waals surface area contributed by atoms with E-state index in [9.17, 15) is 4.39 Å². The summed E-state index contributed by atoms with van der Waals surface area (Å²) in [5, 5.41) is 8.04. The summed E-state index contributed by atoms with van der Waals surface area (Å²) >= 11 is 13.1. The van der Waals surface area contributed by atoms with E-state index >= 15 is 0 Å². The molecule has 2 aromatic carbocycles. The normalized spacial score (nSPS) is 11.9. The first-order chi connectivity index (χ1) is 11.5. The lowest BCUT2D eigenvalue weighted by Crippen LogP contribution is -2.06. The summed E-state index contributed by atoms with van der Waals surface area (Å²) in [6.45, 7) is 0. The minimum atomic E-state index is -0.704. The minimum absolute atomic E-state index is 0.0301. The predicted molar refractivity (Wildman–Crippen MR) is 99.9 cm³/mol. The van der Waals surface area contributed by atoms with Crippen LogP contribution in [0, 0.1) is 5.82 Å². The van der Waals surface area contributed by atoms with Crippen molar-refractivity contribution in [2.45, 2.75) is 5.75 Å². The van der Waals surface area contributed by atoms with Gasteiger partial charge in [-0.05, 0) is 11.6 Å². The molecule has 0 aromatic heterocycles. The lowest BCUT2D eigenvalue weighted by atomic mass is 10.2. The van der Waals surface area contributed by atoms with Crippen LogP contribution in [-0.2, 0) is 5.75 Å². The third-order valence-electron chi connectivity index (χ3n) is 2.94. The molecule has 0 aliphatic carbocycles. The van der Waals surface area contributed by atoms with Gasteiger partial charge in [-0.3, -0.25) is 0 Å². The van der Waals surface area contributed by atoms with E-state index in [1.165, 1.54) is 31.2 Å². The number of nitrogens with zero attached hydrogens (tertiary/aromatic N) is 2. The maximum atomic E-state index is 14.2. The van der Waals surface area contributed by atoms with Crippen LogP contribution in [0.5, 0.6) is 5.75 Å². The van der Waals surface area contributed by atoms with E-state index in [0.717, 1.165) is 5.56 Å². The highest BCUT2D eigenvalue weighted by Crippen LogP contribution is 2.33. The summed E-state index contributed by atoms with van der Waals surface area (Å²) in [7, 11) is 1.31. The zero-order chi connectivity index (χ0) is 17.5. The number of benzene rings is 2. The molecule has 0 fully saturated rings. The van der Waals surface area contributed by atoms with Gasteiger partial charge in [0.1, 0.15) is 0 Å². The maximum absolute atomic E-state index is 14.2. The number of halogens is 3. The van der Waals surface area contributed by atoms with Crippen molar-refractivity contribution < 1.29 is 9.13 Å². The van der Waals surface area contributed by atoms with Crippen molar-refractivity contribution in [3.8, 4) is 5.75 Å². The first-order valence-corrected chi connectivity index (χ1v) is 8.51. The van der Waals surface area contributed by atoms with Gasteiger partial charge in [-0.1, -0.05) is 65.3 Å². The predicted octanol–water partition coefficient (Wildman–Crippen LogP) is 4.72. The van der Waals surface area contributed by atoms with E-state index in [1.54, 1.807) is 0 Å². The van der Waals surface area contributed by atoms with Crippen LogP contribution in [0.2, 0.25) is 10.0 Å². The van der Waals surface area contributed by atoms with Gasteiger partial charge in [0.2, 0.25) is 0 Å². The van der Waals surface area contributed by atoms with Crippen molar-refractivity contribution in [2.24, 2.45) is 15.9 Å². The van der Waals surface area contributed by atoms with Crippen LogP contribution in [0.3, 0.4) is 0 Å². The smallest absolute Gasteiger partial charge is 0.180 e. The molecule has 0 amide bonds. The van der Waals surface area contributed by atoms with Gasteiger partial charge in [0.25, 0.3) is 0 Å². The van der Waals surface area contributed by atoms with Crippen molar-refractivity contribution in [1.29, 1.82) is 0 Å². The molecule has 4 nitrogen and oxygen atoms in total. The summed E-state index contributed by atoms with van der Waals surface area (Å²) in [5.74, 6) is -0.141. The Kier molecular flexibility index (Phi) is 6.90. The Morgan fingerprint density at radius 1 is 1.29 bits per heavy atom. The molecule has 0 saturated heterocycles. The Bertz CT molecular complexity index is 770. The number of nitrogens with two attached hydrogens (primary N) is 1. The molecular formula is C16H14Cl2FN3OS. The van der Waals surface area contributed by atoms with Crippen molar-refractivity contribution in [3.05, 3.63) is 63.4 Å². The highest BCUT2D eigenvalue weighted by atomic mass is 35.5. The Labute approximate surface area is 153 Å². The van der Waals surface area contributed by atoms with Gasteiger partial charge in [0, 0.05) is 5.75 Å². The average Bonchev–Trinajstić information content (AvgIpc) is 2.57. The van der Waals surface area contributed by atoms with Gasteiger partial charge in [0.15, 0.2) is 16.7 Å². The molecule has 0 atom stereocenters. The van der Waals surface area contributed by atoms with Gasteiger partial charge in [-0.15, -0.1) is 5.10 Å². The van der Waals surface area contributed by atoms with Crippen molar-refractivity contribution >= 4 is 46.3 Å². The monoisotopic (exact) mass is 385 g/mol. The molecule has 126 valence electrons. The second kappa shape index (κ2) is 8.92. The Hall–Kier alpha value is -1.76. The Morgan fingerprint density at radius 2 is 2.00 bits per heavy atom. The highest BCUT2D eigenvalue weighted by Gasteiger charge is 2.16. The summed E-state index contributed by atoms with van der Waals surface area (Å²) in [6, 6.07) is 11.2. The molecule has 0 aliphatic heterocycles. The first kappa shape index (κ1) is 18.6. The fraction of sp³-hybridized carbons (Fsp3) is 0.125. The maximum Gasteiger partial charge on any atom is 0.180 e. The number of ether oxygens (including phenoxy) is 1. The number of rotatable bonds is 5. The van der Waals surface area contributed by atoms with E-state index in [4.69, 9.17) is 33.7 Å². The first-order valence-electron chi connectivity index (χ1n) is 6.77. The summed E-state index contributed by atoms with van der Waals surface area (Å²) in [6.07, 6.45) is 1.17. The highest BCUT2D eigenvalue weighted by molar-refractivity contribution is 8.13. The number of hydrogen-bond acceptors (Lipinski definition) is 4. The summed E-state index contributed by atoms with van der Waals surface area (Å²) in [4.78, 5) is 0. The molecule has 24 heavy (non-hydrogen) atoms. The largest absolute Gasteiger partial charge is 0.492 e. The van der Waals surface area contributed by atoms with Gasteiger partial charge >= 0.3 is 0 Å². The van der Waals surface area contributed by atoms with Gasteiger partial charge in [-0.2, -0.15) is 5.10 Å². The molecule has 2 aromatic rings. The second-order valence-electron chi connectivity index (χ2n) is 4.56. The molecule has 8 heteroatoms. The number of methoxy groups -OCH3 is 1. The molecule has 0 aliphatic rings. The topological polar surface area (TPSA) is 60.0 Å². The molecule has 0 heterocycles. The number of thioether (sulfide) groups is 1. The Balaban J connectivity index is 2.08. The molecule has 2 N–H and O–H groups in total. The zero-order valence-electron chi connectivity index (χ0n) is 12.7. The number of amidine groups is 1. The molecule has 0 saturated carbocycles. The molecule has 0 unspecified atom stereocenters. The van der Waals surface area contributed by atoms with Crippen LogP contribution in [0.15, 0.2) is 46.6 Å². The van der Waals surface area contributed by atoms with Gasteiger partial charge < -0.3 is 10.5 Å². The van der Waals surface area contributed by atoms with Crippen LogP contribution in [-0.4, -0.2) is 18.5 Å². The fourth-order valence-electron chi connectivity index (χ4n) is 1.80. The average molecular weight is 386 g/mol. The molecular weight excluding hydrogens is 372 g/mol. The van der Waals surface area contributed by atoms with E-state index < -0.39 is 5.82 Å². The minimum Gasteiger partial charge on any atom is -0.492 e. The van der Waals surface area contributed by atoms with Gasteiger partial charge in [0.05, 0.1) is 28.9 Å². The SMILES string of the molecule is COc1c(Cl)cc(Cl)c(C=NN=C(N)SCc2ccccc2)c1F. The number of hydrogen-bond donors (Lipinski definition) is 1. The van der Waals surface area contributed by atoms with E-state index in [-0.39, 0.29) is 26.5 Å². The molecule has 0 radical (unpaired) electrons. The molecule has 2 rings (SSSR count). The van der Waals surface area contributed by atoms with Crippen molar-refractivity contribution in [3.63, 3.8) is 0 Å². The Morgan fingerprint density at radius 3 is 2.67 bits per heavy atom. The summed E-state index contributed by atoms with van der Waals surface area (Å²) < 4.78 is 19.1.